The standard InChI is InChI=1S/C16H21ClN4O2S/c1-12-9-13(17)14(10-15(12)24(2,22)23)21-7-5-20(6-8-21)11-16-18-3-4-19-16/h3-4,9-10H,5-8,11H2,1-2H3,(H,18,19). The van der Waals surface area contributed by atoms with Crippen molar-refractivity contribution in [3.05, 3.63) is 40.9 Å². The van der Waals surface area contributed by atoms with Gasteiger partial charge in [-0.25, -0.2) is 13.4 Å². The Kier molecular flexibility index (Phi) is 4.85. The molecule has 0 saturated carbocycles. The molecule has 1 fully saturated rings. The van der Waals surface area contributed by atoms with Crippen molar-refractivity contribution in [1.29, 1.82) is 0 Å². The van der Waals surface area contributed by atoms with Crippen LogP contribution < -0.4 is 4.90 Å². The third-order valence-electron chi connectivity index (χ3n) is 4.29. The average Bonchev–Trinajstić information content (AvgIpc) is 3.00. The second kappa shape index (κ2) is 6.74. The summed E-state index contributed by atoms with van der Waals surface area (Å²) in [6, 6.07) is 3.44. The molecule has 8 heteroatoms. The number of aromatic nitrogens is 2. The molecular weight excluding hydrogens is 348 g/mol. The molecule has 0 atom stereocenters. The van der Waals surface area contributed by atoms with E-state index in [1.54, 1.807) is 25.3 Å². The molecule has 3 rings (SSSR count). The lowest BCUT2D eigenvalue weighted by Gasteiger charge is -2.36. The summed E-state index contributed by atoms with van der Waals surface area (Å²) in [5.41, 5.74) is 1.48. The monoisotopic (exact) mass is 368 g/mol. The number of nitrogens with zero attached hydrogens (tertiary/aromatic N) is 3. The normalized spacial score (nSPS) is 16.5. The van der Waals surface area contributed by atoms with Crippen molar-refractivity contribution in [2.24, 2.45) is 0 Å². The van der Waals surface area contributed by atoms with Crippen molar-refractivity contribution in [2.45, 2.75) is 18.4 Å². The summed E-state index contributed by atoms with van der Waals surface area (Å²) in [4.78, 5) is 12.2. The van der Waals surface area contributed by atoms with E-state index in [1.807, 2.05) is 6.20 Å². The van der Waals surface area contributed by atoms with Gasteiger partial charge in [-0.2, -0.15) is 0 Å². The lowest BCUT2D eigenvalue weighted by atomic mass is 10.2. The van der Waals surface area contributed by atoms with E-state index >= 15 is 0 Å². The minimum absolute atomic E-state index is 0.347. The molecule has 0 amide bonds. The van der Waals surface area contributed by atoms with Crippen LogP contribution >= 0.6 is 11.6 Å². The molecule has 0 spiro atoms. The van der Waals surface area contributed by atoms with Gasteiger partial charge in [0.15, 0.2) is 9.84 Å². The Hall–Kier alpha value is -1.57. The van der Waals surface area contributed by atoms with Crippen LogP contribution in [0.4, 0.5) is 5.69 Å². The Balaban J connectivity index is 1.74. The molecule has 130 valence electrons. The topological polar surface area (TPSA) is 69.3 Å². The second-order valence-corrected chi connectivity index (χ2v) is 8.53. The number of benzene rings is 1. The molecular formula is C16H21ClN4O2S. The van der Waals surface area contributed by atoms with Crippen LogP contribution in [0.1, 0.15) is 11.4 Å². The largest absolute Gasteiger partial charge is 0.368 e. The van der Waals surface area contributed by atoms with Gasteiger partial charge in [-0.15, -0.1) is 0 Å². The third-order valence-corrected chi connectivity index (χ3v) is 5.83. The van der Waals surface area contributed by atoms with Crippen molar-refractivity contribution in [3.8, 4) is 0 Å². The molecule has 1 aromatic heterocycles. The summed E-state index contributed by atoms with van der Waals surface area (Å²) in [7, 11) is -3.26. The number of rotatable bonds is 4. The van der Waals surface area contributed by atoms with E-state index in [0.29, 0.717) is 15.5 Å². The fourth-order valence-corrected chi connectivity index (χ4v) is 4.33. The lowest BCUT2D eigenvalue weighted by Crippen LogP contribution is -2.46. The van der Waals surface area contributed by atoms with E-state index in [0.717, 1.165) is 44.2 Å². The highest BCUT2D eigenvalue weighted by Gasteiger charge is 2.22. The highest BCUT2D eigenvalue weighted by molar-refractivity contribution is 7.90. The van der Waals surface area contributed by atoms with Crippen molar-refractivity contribution in [3.63, 3.8) is 0 Å². The first-order valence-electron chi connectivity index (χ1n) is 7.80. The minimum Gasteiger partial charge on any atom is -0.368 e. The molecule has 2 heterocycles. The van der Waals surface area contributed by atoms with Gasteiger partial charge >= 0.3 is 0 Å². The minimum atomic E-state index is -3.26. The van der Waals surface area contributed by atoms with E-state index in [-0.39, 0.29) is 0 Å². The predicted octanol–water partition coefficient (Wildman–Crippen LogP) is 2.10. The number of nitrogens with one attached hydrogen (secondary N) is 1. The smallest absolute Gasteiger partial charge is 0.175 e. The zero-order valence-corrected chi connectivity index (χ0v) is 15.4. The fourth-order valence-electron chi connectivity index (χ4n) is 3.03. The number of halogens is 1. The summed E-state index contributed by atoms with van der Waals surface area (Å²) in [6.07, 6.45) is 4.81. The Labute approximate surface area is 147 Å². The maximum atomic E-state index is 11.9. The molecule has 1 N–H and O–H groups in total. The zero-order valence-electron chi connectivity index (χ0n) is 13.8. The van der Waals surface area contributed by atoms with Crippen LogP contribution in [-0.2, 0) is 16.4 Å². The quantitative estimate of drug-likeness (QED) is 0.894. The van der Waals surface area contributed by atoms with Crippen LogP contribution in [0.15, 0.2) is 29.4 Å². The van der Waals surface area contributed by atoms with Crippen molar-refractivity contribution in [1.82, 2.24) is 14.9 Å². The Morgan fingerprint density at radius 3 is 2.54 bits per heavy atom. The molecule has 24 heavy (non-hydrogen) atoms. The first kappa shape index (κ1) is 17.3. The van der Waals surface area contributed by atoms with Gasteiger partial charge in [0.25, 0.3) is 0 Å². The molecule has 1 aromatic carbocycles. The fraction of sp³-hybridized carbons (Fsp3) is 0.438. The Morgan fingerprint density at radius 1 is 1.25 bits per heavy atom. The van der Waals surface area contributed by atoms with Gasteiger partial charge in [-0.3, -0.25) is 4.90 Å². The predicted molar refractivity (Wildman–Crippen MR) is 95.4 cm³/mol. The number of aromatic amines is 1. The number of anilines is 1. The van der Waals surface area contributed by atoms with Crippen molar-refractivity contribution >= 4 is 27.1 Å². The van der Waals surface area contributed by atoms with Crippen LogP contribution in [0.2, 0.25) is 5.02 Å². The molecule has 1 aliphatic rings. The first-order chi connectivity index (χ1) is 11.3. The van der Waals surface area contributed by atoms with Crippen LogP contribution in [0.25, 0.3) is 0 Å². The van der Waals surface area contributed by atoms with Gasteiger partial charge < -0.3 is 9.88 Å². The molecule has 0 aliphatic carbocycles. The number of hydrogen-bond acceptors (Lipinski definition) is 5. The van der Waals surface area contributed by atoms with E-state index in [9.17, 15) is 8.42 Å². The maximum absolute atomic E-state index is 11.9. The molecule has 2 aromatic rings. The Bertz CT molecular complexity index is 813. The number of imidazole rings is 1. The number of piperazine rings is 1. The second-order valence-electron chi connectivity index (χ2n) is 6.14. The number of hydrogen-bond donors (Lipinski definition) is 1. The highest BCUT2D eigenvalue weighted by Crippen LogP contribution is 2.32. The summed E-state index contributed by atoms with van der Waals surface area (Å²) in [6.45, 7) is 5.90. The summed E-state index contributed by atoms with van der Waals surface area (Å²) in [5, 5.41) is 0.597. The number of H-pyrrole nitrogens is 1. The van der Waals surface area contributed by atoms with E-state index < -0.39 is 9.84 Å². The average molecular weight is 369 g/mol. The lowest BCUT2D eigenvalue weighted by molar-refractivity contribution is 0.244. The zero-order chi connectivity index (χ0) is 17.3. The Morgan fingerprint density at radius 2 is 1.96 bits per heavy atom. The van der Waals surface area contributed by atoms with Crippen molar-refractivity contribution < 1.29 is 8.42 Å². The van der Waals surface area contributed by atoms with Gasteiger partial charge in [0.05, 0.1) is 22.2 Å². The van der Waals surface area contributed by atoms with E-state index in [4.69, 9.17) is 11.6 Å². The van der Waals surface area contributed by atoms with Crippen LogP contribution in [0, 0.1) is 6.92 Å². The molecule has 1 aliphatic heterocycles. The van der Waals surface area contributed by atoms with Crippen LogP contribution in [0.5, 0.6) is 0 Å². The number of sulfone groups is 1. The van der Waals surface area contributed by atoms with Gasteiger partial charge in [0.1, 0.15) is 5.82 Å². The van der Waals surface area contributed by atoms with Gasteiger partial charge in [-0.05, 0) is 24.6 Å². The summed E-state index contributed by atoms with van der Waals surface area (Å²) < 4.78 is 23.9. The SMILES string of the molecule is Cc1cc(Cl)c(N2CCN(Cc3ncc[nH]3)CC2)cc1S(C)(=O)=O. The van der Waals surface area contributed by atoms with Crippen molar-refractivity contribution in [2.75, 3.05) is 37.3 Å². The van der Waals surface area contributed by atoms with Gasteiger partial charge in [-0.1, -0.05) is 11.6 Å². The van der Waals surface area contributed by atoms with E-state index in [1.165, 1.54) is 6.26 Å². The first-order valence-corrected chi connectivity index (χ1v) is 10.1. The summed E-state index contributed by atoms with van der Waals surface area (Å²) in [5.74, 6) is 0.955. The summed E-state index contributed by atoms with van der Waals surface area (Å²) >= 11 is 6.37. The van der Waals surface area contributed by atoms with Crippen LogP contribution in [-0.4, -0.2) is 55.7 Å². The van der Waals surface area contributed by atoms with E-state index in [2.05, 4.69) is 19.8 Å². The van der Waals surface area contributed by atoms with Crippen LogP contribution in [0.3, 0.4) is 0 Å². The molecule has 1 saturated heterocycles. The molecule has 6 nitrogen and oxygen atoms in total. The third kappa shape index (κ3) is 3.74. The maximum Gasteiger partial charge on any atom is 0.175 e. The number of aryl methyl sites for hydroxylation is 1. The molecule has 0 radical (unpaired) electrons. The molecule has 0 bridgehead atoms. The highest BCUT2D eigenvalue weighted by atomic mass is 35.5. The van der Waals surface area contributed by atoms with Gasteiger partial charge in [0.2, 0.25) is 0 Å². The van der Waals surface area contributed by atoms with Gasteiger partial charge in [0, 0.05) is 44.8 Å². The molecule has 0 unspecified atom stereocenters.